The van der Waals surface area contributed by atoms with Gasteiger partial charge in [-0.25, -0.2) is 0 Å². The number of quaternary nitrogens is 1. The molecule has 1 aromatic heterocycles. The van der Waals surface area contributed by atoms with Crippen molar-refractivity contribution in [2.75, 3.05) is 6.61 Å². The molecule has 1 aliphatic heterocycles. The van der Waals surface area contributed by atoms with Gasteiger partial charge in [0.05, 0.1) is 5.69 Å². The summed E-state index contributed by atoms with van der Waals surface area (Å²) in [5.74, 6) is 0. The Balaban J connectivity index is 2.32. The maximum Gasteiger partial charge on any atom is 0.165 e. The molecular weight excluding hydrogens is 216 g/mol. The number of pyridine rings is 1. The molecule has 0 aliphatic carbocycles. The Hall–Kier alpha value is -0.660. The van der Waals surface area contributed by atoms with Crippen molar-refractivity contribution in [1.82, 2.24) is 4.98 Å². The van der Waals surface area contributed by atoms with Crippen LogP contribution in [0.15, 0.2) is 24.4 Å². The highest BCUT2D eigenvalue weighted by atomic mass is 32.2. The summed E-state index contributed by atoms with van der Waals surface area (Å²) in [6, 6.07) is 5.51. The summed E-state index contributed by atoms with van der Waals surface area (Å²) in [7, 11) is 0. The molecule has 0 saturated carbocycles. The maximum atomic E-state index is 11.3. The first-order valence-corrected chi connectivity index (χ1v) is 5.45. The fourth-order valence-electron chi connectivity index (χ4n) is 1.56. The number of aromatic nitrogens is 1. The summed E-state index contributed by atoms with van der Waals surface area (Å²) in [5, 5.41) is 20.5. The zero-order valence-electron chi connectivity index (χ0n) is 8.29. The second kappa shape index (κ2) is 3.73. The molecule has 1 unspecified atom stereocenters. The maximum absolute atomic E-state index is 11.3. The molecule has 5 nitrogen and oxygen atoms in total. The lowest BCUT2D eigenvalue weighted by Gasteiger charge is -2.23. The van der Waals surface area contributed by atoms with Crippen LogP contribution >= 0.6 is 11.9 Å². The van der Waals surface area contributed by atoms with Crippen molar-refractivity contribution in [2.45, 2.75) is 18.1 Å². The van der Waals surface area contributed by atoms with E-state index in [1.807, 2.05) is 25.1 Å². The number of hydrogen-bond acceptors (Lipinski definition) is 5. The van der Waals surface area contributed by atoms with Gasteiger partial charge >= 0.3 is 0 Å². The molecule has 0 amide bonds. The van der Waals surface area contributed by atoms with Crippen molar-refractivity contribution in [1.29, 1.82) is 0 Å². The van der Waals surface area contributed by atoms with Crippen LogP contribution in [0, 0.1) is 5.21 Å². The molecule has 2 atom stereocenters. The summed E-state index contributed by atoms with van der Waals surface area (Å²) >= 11 is 0.821. The van der Waals surface area contributed by atoms with Crippen LogP contribution < -0.4 is 0 Å². The lowest BCUT2D eigenvalue weighted by molar-refractivity contribution is -1.11. The van der Waals surface area contributed by atoms with Crippen molar-refractivity contribution in [3.63, 3.8) is 0 Å². The summed E-state index contributed by atoms with van der Waals surface area (Å²) < 4.78 is -2.25. The Labute approximate surface area is 91.9 Å². The predicted octanol–water partition coefficient (Wildman–Crippen LogP) is 1.98. The van der Waals surface area contributed by atoms with Gasteiger partial charge in [-0.1, -0.05) is 13.0 Å². The van der Waals surface area contributed by atoms with Gasteiger partial charge in [0.25, 0.3) is 0 Å². The molecule has 6 heteroatoms. The summed E-state index contributed by atoms with van der Waals surface area (Å²) in [5.41, 5.74) is 0.766. The Morgan fingerprint density at radius 1 is 1.73 bits per heavy atom. The predicted molar refractivity (Wildman–Crippen MR) is 55.2 cm³/mol. The van der Waals surface area contributed by atoms with Crippen LogP contribution in [-0.4, -0.2) is 21.2 Å². The van der Waals surface area contributed by atoms with Gasteiger partial charge < -0.3 is 5.21 Å². The standard InChI is InChI=1S/C9H12N2O3S/c1-2-9(7-14-11(12,13)15-9)8-5-3-4-6-10-8/h3-6,12H,2,7H2,1H3/t9-/m0/s1. The van der Waals surface area contributed by atoms with Gasteiger partial charge in [-0.3, -0.25) is 4.98 Å². The smallest absolute Gasteiger partial charge is 0.165 e. The second-order valence-corrected chi connectivity index (χ2v) is 4.82. The third-order valence-corrected chi connectivity index (χ3v) is 3.76. The molecule has 0 bridgehead atoms. The third-order valence-electron chi connectivity index (χ3n) is 2.45. The number of nitrogens with zero attached hydrogens (tertiary/aromatic N) is 2. The van der Waals surface area contributed by atoms with E-state index < -0.39 is 9.13 Å². The van der Waals surface area contributed by atoms with E-state index in [4.69, 9.17) is 4.84 Å². The van der Waals surface area contributed by atoms with Crippen molar-refractivity contribution >= 4 is 11.9 Å². The van der Waals surface area contributed by atoms with Gasteiger partial charge in [0, 0.05) is 6.20 Å². The minimum atomic E-state index is -1.70. The van der Waals surface area contributed by atoms with Crippen LogP contribution in [-0.2, 0) is 9.58 Å². The van der Waals surface area contributed by atoms with E-state index in [-0.39, 0.29) is 6.61 Å². The van der Waals surface area contributed by atoms with E-state index in [1.54, 1.807) is 6.20 Å². The van der Waals surface area contributed by atoms with Gasteiger partial charge in [0.2, 0.25) is 0 Å². The van der Waals surface area contributed by atoms with Crippen LogP contribution in [0.2, 0.25) is 0 Å². The van der Waals surface area contributed by atoms with Crippen LogP contribution in [0.3, 0.4) is 0 Å². The summed E-state index contributed by atoms with van der Waals surface area (Å²) in [6.07, 6.45) is 2.35. The van der Waals surface area contributed by atoms with E-state index in [1.165, 1.54) is 0 Å². The molecule has 2 heterocycles. The zero-order chi connectivity index (χ0) is 10.9. The summed E-state index contributed by atoms with van der Waals surface area (Å²) in [4.78, 5) is 8.97. The molecule has 1 aliphatic rings. The van der Waals surface area contributed by atoms with Crippen molar-refractivity contribution in [3.05, 3.63) is 35.3 Å². The molecule has 1 fully saturated rings. The van der Waals surface area contributed by atoms with E-state index in [0.717, 1.165) is 17.6 Å². The molecule has 82 valence electrons. The molecule has 0 radical (unpaired) electrons. The Kier molecular flexibility index (Phi) is 2.70. The fraction of sp³-hybridized carbons (Fsp3) is 0.444. The van der Waals surface area contributed by atoms with E-state index in [0.29, 0.717) is 6.42 Å². The van der Waals surface area contributed by atoms with Gasteiger partial charge in [-0.05, 0) is 22.9 Å². The van der Waals surface area contributed by atoms with Crippen molar-refractivity contribution in [2.24, 2.45) is 0 Å². The molecule has 2 rings (SSSR count). The quantitative estimate of drug-likeness (QED) is 0.476. The first kappa shape index (κ1) is 10.8. The normalized spacial score (nSPS) is 35.7. The third kappa shape index (κ3) is 1.99. The molecule has 0 aromatic carbocycles. The topological polar surface area (TPSA) is 65.4 Å². The lowest BCUT2D eigenvalue weighted by Crippen LogP contribution is -2.26. The highest BCUT2D eigenvalue weighted by molar-refractivity contribution is 7.94. The lowest BCUT2D eigenvalue weighted by atomic mass is 10.0. The van der Waals surface area contributed by atoms with Gasteiger partial charge in [0.15, 0.2) is 11.9 Å². The SMILES string of the molecule is CC[C@@]1(c2ccccn2)CO[N+]([O-])(O)S1. The molecule has 15 heavy (non-hydrogen) atoms. The number of hydrogen-bond donors (Lipinski definition) is 1. The van der Waals surface area contributed by atoms with Gasteiger partial charge in [0.1, 0.15) is 11.4 Å². The van der Waals surface area contributed by atoms with E-state index >= 15 is 0 Å². The van der Waals surface area contributed by atoms with Gasteiger partial charge in [-0.15, -0.1) is 0 Å². The summed E-state index contributed by atoms with van der Waals surface area (Å²) in [6.45, 7) is 2.11. The Bertz CT molecular complexity index is 346. The molecule has 1 aromatic rings. The average Bonchev–Trinajstić information content (AvgIpc) is 2.57. The largest absolute Gasteiger partial charge is 0.552 e. The van der Waals surface area contributed by atoms with Crippen LogP contribution in [0.4, 0.5) is 0 Å². The molecule has 1 N–H and O–H groups in total. The van der Waals surface area contributed by atoms with Crippen LogP contribution in [0.1, 0.15) is 19.0 Å². The first-order valence-electron chi connectivity index (χ1n) is 4.68. The Morgan fingerprint density at radius 3 is 3.00 bits per heavy atom. The monoisotopic (exact) mass is 228 g/mol. The minimum absolute atomic E-state index is 0.172. The minimum Gasteiger partial charge on any atom is -0.552 e. The molecular formula is C9H12N2O3S. The highest BCUT2D eigenvalue weighted by Gasteiger charge is 2.51. The highest BCUT2D eigenvalue weighted by Crippen LogP contribution is 2.49. The fourth-order valence-corrected chi connectivity index (χ4v) is 2.56. The number of rotatable bonds is 2. The first-order chi connectivity index (χ1) is 7.08. The Morgan fingerprint density at radius 2 is 2.53 bits per heavy atom. The van der Waals surface area contributed by atoms with Gasteiger partial charge in [-0.2, -0.15) is 10.0 Å². The van der Waals surface area contributed by atoms with E-state index in [9.17, 15) is 10.4 Å². The van der Waals surface area contributed by atoms with Crippen molar-refractivity contribution < 1.29 is 14.4 Å². The average molecular weight is 228 g/mol. The molecule has 1 saturated heterocycles. The zero-order valence-corrected chi connectivity index (χ0v) is 9.11. The van der Waals surface area contributed by atoms with Crippen LogP contribution in [0.25, 0.3) is 0 Å². The van der Waals surface area contributed by atoms with E-state index in [2.05, 4.69) is 4.98 Å². The van der Waals surface area contributed by atoms with Crippen molar-refractivity contribution in [3.8, 4) is 0 Å². The second-order valence-electron chi connectivity index (χ2n) is 3.40. The molecule has 0 spiro atoms. The van der Waals surface area contributed by atoms with Crippen LogP contribution in [0.5, 0.6) is 0 Å².